The summed E-state index contributed by atoms with van der Waals surface area (Å²) in [5, 5.41) is 8.11. The number of likely N-dealkylation sites (tertiary alicyclic amines) is 1. The third kappa shape index (κ3) is 3.93. The largest absolute Gasteiger partial charge is 0.497 e. The van der Waals surface area contributed by atoms with E-state index in [1.54, 1.807) is 23.8 Å². The molecule has 3 aliphatic rings. The van der Waals surface area contributed by atoms with Crippen LogP contribution < -0.4 is 25.2 Å². The van der Waals surface area contributed by atoms with Crippen molar-refractivity contribution in [3.63, 3.8) is 0 Å². The first-order valence-electron chi connectivity index (χ1n) is 12.6. The lowest BCUT2D eigenvalue weighted by Gasteiger charge is -2.33. The maximum absolute atomic E-state index is 13.3. The minimum absolute atomic E-state index is 0.0537. The molecule has 0 saturated carbocycles. The van der Waals surface area contributed by atoms with Crippen molar-refractivity contribution in [1.29, 1.82) is 0 Å². The molecule has 1 N–H and O–H groups in total. The predicted octanol–water partition coefficient (Wildman–Crippen LogP) is 1.83. The highest BCUT2D eigenvalue weighted by atomic mass is 16.6. The van der Waals surface area contributed by atoms with Crippen molar-refractivity contribution in [2.24, 2.45) is 5.92 Å². The number of fused-ring (bicyclic) bond motifs is 5. The Kier molecular flexibility index (Phi) is 5.40. The average molecular weight is 533 g/mol. The number of carbonyl (C=O) groups is 2. The lowest BCUT2D eigenvalue weighted by Crippen LogP contribution is -2.48. The van der Waals surface area contributed by atoms with Gasteiger partial charge in [-0.1, -0.05) is 5.16 Å². The van der Waals surface area contributed by atoms with Crippen molar-refractivity contribution in [2.45, 2.75) is 12.6 Å². The normalized spacial score (nSPS) is 20.9. The average Bonchev–Trinajstić information content (AvgIpc) is 3.59. The van der Waals surface area contributed by atoms with Crippen LogP contribution in [0.3, 0.4) is 0 Å². The molecule has 3 aliphatic heterocycles. The Morgan fingerprint density at radius 2 is 1.97 bits per heavy atom. The molecule has 2 saturated heterocycles. The summed E-state index contributed by atoms with van der Waals surface area (Å²) in [6.45, 7) is 2.58. The SMILES string of the molecule is COc1ccc2c3conc3c(=O)n(CCN3CC4CN(c5ccc6c(n5)NC(=O)CO6)C(=O)OC4C3)c2c1. The molecule has 7 rings (SSSR count). The number of pyridine rings is 2. The van der Waals surface area contributed by atoms with E-state index in [2.05, 4.69) is 20.4 Å². The Labute approximate surface area is 220 Å². The minimum Gasteiger partial charge on any atom is -0.497 e. The van der Waals surface area contributed by atoms with Gasteiger partial charge in [0, 0.05) is 50.1 Å². The second-order valence-corrected chi connectivity index (χ2v) is 9.82. The van der Waals surface area contributed by atoms with Crippen LogP contribution in [0.15, 0.2) is 45.9 Å². The molecule has 13 nitrogen and oxygen atoms in total. The van der Waals surface area contributed by atoms with Gasteiger partial charge in [0.15, 0.2) is 23.7 Å². The molecular weight excluding hydrogens is 508 g/mol. The van der Waals surface area contributed by atoms with E-state index in [9.17, 15) is 14.4 Å². The molecule has 0 radical (unpaired) electrons. The Balaban J connectivity index is 1.10. The number of ether oxygens (including phenoxy) is 3. The molecule has 6 heterocycles. The highest BCUT2D eigenvalue weighted by Crippen LogP contribution is 2.33. The Hall–Kier alpha value is -4.65. The Morgan fingerprint density at radius 1 is 1.08 bits per heavy atom. The van der Waals surface area contributed by atoms with Crippen molar-refractivity contribution >= 4 is 45.4 Å². The summed E-state index contributed by atoms with van der Waals surface area (Å²) >= 11 is 0. The molecule has 1 aromatic carbocycles. The van der Waals surface area contributed by atoms with Gasteiger partial charge in [-0.15, -0.1) is 0 Å². The van der Waals surface area contributed by atoms with Gasteiger partial charge in [-0.3, -0.25) is 19.4 Å². The van der Waals surface area contributed by atoms with Crippen LogP contribution in [0, 0.1) is 5.92 Å². The van der Waals surface area contributed by atoms with E-state index in [4.69, 9.17) is 18.7 Å². The number of nitrogens with zero attached hydrogens (tertiary/aromatic N) is 5. The third-order valence-corrected chi connectivity index (χ3v) is 7.53. The van der Waals surface area contributed by atoms with Crippen molar-refractivity contribution in [1.82, 2.24) is 19.6 Å². The summed E-state index contributed by atoms with van der Waals surface area (Å²) in [7, 11) is 1.58. The van der Waals surface area contributed by atoms with Crippen molar-refractivity contribution in [3.05, 3.63) is 46.9 Å². The van der Waals surface area contributed by atoms with Crippen molar-refractivity contribution < 1.29 is 28.3 Å². The fraction of sp³-hybridized carbons (Fsp3) is 0.346. The van der Waals surface area contributed by atoms with E-state index in [0.29, 0.717) is 55.4 Å². The number of hydrogen-bond donors (Lipinski definition) is 1. The molecule has 0 bridgehead atoms. The minimum atomic E-state index is -0.487. The van der Waals surface area contributed by atoms with Gasteiger partial charge in [-0.25, -0.2) is 9.78 Å². The molecule has 13 heteroatoms. The van der Waals surface area contributed by atoms with Gasteiger partial charge in [0.2, 0.25) is 0 Å². The summed E-state index contributed by atoms with van der Waals surface area (Å²) in [6.07, 6.45) is 0.736. The van der Waals surface area contributed by atoms with Crippen LogP contribution in [0.25, 0.3) is 21.8 Å². The second-order valence-electron chi connectivity index (χ2n) is 9.82. The molecule has 4 aromatic rings. The molecule has 2 fully saturated rings. The highest BCUT2D eigenvalue weighted by Gasteiger charge is 2.43. The number of benzene rings is 1. The molecule has 0 spiro atoms. The van der Waals surface area contributed by atoms with E-state index in [0.717, 1.165) is 10.9 Å². The van der Waals surface area contributed by atoms with Crippen LogP contribution >= 0.6 is 0 Å². The first-order valence-corrected chi connectivity index (χ1v) is 12.6. The van der Waals surface area contributed by atoms with Crippen molar-refractivity contribution in [2.75, 3.05) is 50.1 Å². The van der Waals surface area contributed by atoms with Gasteiger partial charge in [0.25, 0.3) is 11.5 Å². The van der Waals surface area contributed by atoms with Gasteiger partial charge >= 0.3 is 6.09 Å². The lowest BCUT2D eigenvalue weighted by atomic mass is 10.0. The van der Waals surface area contributed by atoms with Gasteiger partial charge in [0.05, 0.1) is 18.0 Å². The number of hydrogen-bond acceptors (Lipinski definition) is 10. The van der Waals surface area contributed by atoms with Crippen LogP contribution in [0.2, 0.25) is 0 Å². The molecule has 0 aliphatic carbocycles. The number of methoxy groups -OCH3 is 1. The molecular formula is C26H24N6O7. The summed E-state index contributed by atoms with van der Waals surface area (Å²) in [5.41, 5.74) is 0.786. The smallest absolute Gasteiger partial charge is 0.415 e. The second kappa shape index (κ2) is 8.98. The fourth-order valence-corrected chi connectivity index (χ4v) is 5.58. The summed E-state index contributed by atoms with van der Waals surface area (Å²) < 4.78 is 23.3. The van der Waals surface area contributed by atoms with Crippen LogP contribution in [-0.4, -0.2) is 77.6 Å². The Morgan fingerprint density at radius 3 is 2.85 bits per heavy atom. The topological polar surface area (TPSA) is 141 Å². The standard InChI is InChI=1S/C26H24N6O7/c1-36-15-2-3-16-17-12-38-29-23(17)25(34)31(18(16)8-15)7-6-30-9-14-10-32(26(35)39-20(14)11-30)21-5-4-19-24(27-21)28-22(33)13-37-19/h2-5,8,12,14,20H,6-7,9-11,13H2,1H3,(H,27,28,33). The third-order valence-electron chi connectivity index (χ3n) is 7.53. The zero-order valence-electron chi connectivity index (χ0n) is 21.0. The summed E-state index contributed by atoms with van der Waals surface area (Å²) in [6, 6.07) is 8.93. The van der Waals surface area contributed by atoms with E-state index in [1.807, 2.05) is 18.2 Å². The van der Waals surface area contributed by atoms with Gasteiger partial charge in [-0.05, 0) is 24.3 Å². The zero-order valence-corrected chi connectivity index (χ0v) is 21.0. The Bertz CT molecular complexity index is 1700. The number of carbonyl (C=O) groups excluding carboxylic acids is 2. The molecule has 2 unspecified atom stereocenters. The molecule has 2 amide bonds. The van der Waals surface area contributed by atoms with Crippen molar-refractivity contribution in [3.8, 4) is 11.5 Å². The van der Waals surface area contributed by atoms with Gasteiger partial charge in [0.1, 0.15) is 23.9 Å². The summed E-state index contributed by atoms with van der Waals surface area (Å²) in [4.78, 5) is 45.9. The number of rotatable bonds is 5. The van der Waals surface area contributed by atoms with E-state index >= 15 is 0 Å². The lowest BCUT2D eigenvalue weighted by molar-refractivity contribution is -0.118. The molecule has 3 aromatic heterocycles. The van der Waals surface area contributed by atoms with E-state index in [-0.39, 0.29) is 41.4 Å². The highest BCUT2D eigenvalue weighted by molar-refractivity contribution is 6.04. The summed E-state index contributed by atoms with van der Waals surface area (Å²) in [5.74, 6) is 1.52. The molecule has 200 valence electrons. The predicted molar refractivity (Wildman–Crippen MR) is 138 cm³/mol. The number of anilines is 2. The van der Waals surface area contributed by atoms with Crippen LogP contribution in [0.4, 0.5) is 16.4 Å². The van der Waals surface area contributed by atoms with Gasteiger partial charge < -0.3 is 28.6 Å². The van der Waals surface area contributed by atoms with E-state index in [1.165, 1.54) is 11.2 Å². The fourth-order valence-electron chi connectivity index (χ4n) is 5.58. The number of aromatic nitrogens is 3. The first-order chi connectivity index (χ1) is 19.0. The maximum Gasteiger partial charge on any atom is 0.415 e. The number of nitrogens with one attached hydrogen (secondary N) is 1. The van der Waals surface area contributed by atoms with Gasteiger partial charge in [-0.2, -0.15) is 0 Å². The number of amides is 2. The molecule has 2 atom stereocenters. The first kappa shape index (κ1) is 23.5. The van der Waals surface area contributed by atoms with Crippen LogP contribution in [-0.2, 0) is 16.1 Å². The quantitative estimate of drug-likeness (QED) is 0.405. The maximum atomic E-state index is 13.3. The monoisotopic (exact) mass is 532 g/mol. The van der Waals surface area contributed by atoms with E-state index < -0.39 is 6.09 Å². The zero-order chi connectivity index (χ0) is 26.7. The van der Waals surface area contributed by atoms with Crippen LogP contribution in [0.5, 0.6) is 11.5 Å². The van der Waals surface area contributed by atoms with Crippen LogP contribution in [0.1, 0.15) is 0 Å². The molecule has 39 heavy (non-hydrogen) atoms.